The lowest BCUT2D eigenvalue weighted by Gasteiger charge is -2.16. The van der Waals surface area contributed by atoms with Crippen molar-refractivity contribution >= 4 is 16.5 Å². The molecular formula is C18H15NO3. The Kier molecular flexibility index (Phi) is 3.61. The smallest absolute Gasteiger partial charge is 0.272 e. The Morgan fingerprint density at radius 1 is 0.955 bits per heavy atom. The summed E-state index contributed by atoms with van der Waals surface area (Å²) < 4.78 is 0. The molecule has 0 saturated carbocycles. The molecule has 0 aliphatic heterocycles. The Morgan fingerprint density at radius 2 is 1.59 bits per heavy atom. The summed E-state index contributed by atoms with van der Waals surface area (Å²) in [5.41, 5.74) is 1.83. The molecule has 0 saturated heterocycles. The Bertz CT molecular complexity index is 853. The Hall–Kier alpha value is -2.72. The van der Waals surface area contributed by atoms with E-state index in [4.69, 9.17) is 0 Å². The lowest BCUT2D eigenvalue weighted by atomic mass is 9.93. The molecular weight excluding hydrogens is 278 g/mol. The molecule has 1 N–H and O–H groups in total. The normalized spacial score (nSPS) is 12.3. The lowest BCUT2D eigenvalue weighted by Crippen LogP contribution is -2.04. The van der Waals surface area contributed by atoms with Crippen LogP contribution in [0.2, 0.25) is 0 Å². The van der Waals surface area contributed by atoms with Crippen LogP contribution in [-0.4, -0.2) is 10.0 Å². The number of benzene rings is 3. The minimum absolute atomic E-state index is 0.0248. The number of fused-ring (bicyclic) bond motifs is 1. The molecule has 0 heterocycles. The summed E-state index contributed by atoms with van der Waals surface area (Å²) in [4.78, 5) is 10.6. The molecule has 4 nitrogen and oxygen atoms in total. The van der Waals surface area contributed by atoms with Crippen LogP contribution in [0.15, 0.2) is 60.7 Å². The van der Waals surface area contributed by atoms with E-state index in [1.807, 2.05) is 42.5 Å². The van der Waals surface area contributed by atoms with Crippen molar-refractivity contribution in [1.29, 1.82) is 0 Å². The van der Waals surface area contributed by atoms with E-state index < -0.39 is 11.0 Å². The van der Waals surface area contributed by atoms with Gasteiger partial charge in [0.05, 0.1) is 4.92 Å². The molecule has 3 rings (SSSR count). The highest BCUT2D eigenvalue weighted by Crippen LogP contribution is 2.33. The van der Waals surface area contributed by atoms with Gasteiger partial charge in [0.2, 0.25) is 0 Å². The molecule has 110 valence electrons. The minimum Gasteiger partial charge on any atom is -0.384 e. The van der Waals surface area contributed by atoms with Crippen LogP contribution in [0, 0.1) is 17.0 Å². The molecule has 0 aliphatic carbocycles. The first kappa shape index (κ1) is 14.2. The Morgan fingerprint density at radius 3 is 2.36 bits per heavy atom. The number of rotatable bonds is 3. The van der Waals surface area contributed by atoms with Gasteiger partial charge in [-0.3, -0.25) is 10.1 Å². The number of nitro benzene ring substituents is 1. The molecule has 0 radical (unpaired) electrons. The maximum absolute atomic E-state index is 11.1. The molecule has 0 amide bonds. The standard InChI is InChI=1S/C18H15NO3/c1-12-14(9-5-11-17(12)19(21)22)18(20)16-10-4-7-13-6-2-3-8-15(13)16/h2-11,18,20H,1H3/t18-/m0/s1. The summed E-state index contributed by atoms with van der Waals surface area (Å²) in [5.74, 6) is 0. The van der Waals surface area contributed by atoms with Crippen LogP contribution in [-0.2, 0) is 0 Å². The van der Waals surface area contributed by atoms with Gasteiger partial charge in [-0.1, -0.05) is 54.6 Å². The number of nitro groups is 1. The summed E-state index contributed by atoms with van der Waals surface area (Å²) in [6.45, 7) is 1.67. The van der Waals surface area contributed by atoms with Crippen LogP contribution in [0.5, 0.6) is 0 Å². The van der Waals surface area contributed by atoms with Crippen LogP contribution < -0.4 is 0 Å². The van der Waals surface area contributed by atoms with Gasteiger partial charge in [-0.15, -0.1) is 0 Å². The number of aliphatic hydroxyl groups is 1. The van der Waals surface area contributed by atoms with Crippen LogP contribution in [0.25, 0.3) is 10.8 Å². The zero-order chi connectivity index (χ0) is 15.7. The van der Waals surface area contributed by atoms with Crippen molar-refractivity contribution in [3.63, 3.8) is 0 Å². The van der Waals surface area contributed by atoms with Crippen molar-refractivity contribution in [1.82, 2.24) is 0 Å². The highest BCUT2D eigenvalue weighted by molar-refractivity contribution is 5.86. The van der Waals surface area contributed by atoms with Gasteiger partial charge in [0.1, 0.15) is 6.10 Å². The van der Waals surface area contributed by atoms with Crippen molar-refractivity contribution < 1.29 is 10.0 Å². The molecule has 0 aromatic heterocycles. The predicted octanol–water partition coefficient (Wildman–Crippen LogP) is 4.14. The second kappa shape index (κ2) is 5.58. The zero-order valence-corrected chi connectivity index (χ0v) is 12.1. The summed E-state index contributed by atoms with van der Waals surface area (Å²) in [6, 6.07) is 18.3. The van der Waals surface area contributed by atoms with E-state index in [9.17, 15) is 15.2 Å². The molecule has 4 heteroatoms. The Labute approximate surface area is 127 Å². The molecule has 0 spiro atoms. The number of nitrogens with zero attached hydrogens (tertiary/aromatic N) is 1. The van der Waals surface area contributed by atoms with E-state index in [-0.39, 0.29) is 5.69 Å². The van der Waals surface area contributed by atoms with E-state index in [1.165, 1.54) is 6.07 Å². The van der Waals surface area contributed by atoms with E-state index in [0.717, 1.165) is 16.3 Å². The summed E-state index contributed by atoms with van der Waals surface area (Å²) in [7, 11) is 0. The lowest BCUT2D eigenvalue weighted by molar-refractivity contribution is -0.385. The van der Waals surface area contributed by atoms with Crippen molar-refractivity contribution in [2.24, 2.45) is 0 Å². The third-order valence-electron chi connectivity index (χ3n) is 3.96. The molecule has 0 fully saturated rings. The molecule has 0 aliphatic rings. The second-order valence-corrected chi connectivity index (χ2v) is 5.22. The average Bonchev–Trinajstić information content (AvgIpc) is 2.53. The van der Waals surface area contributed by atoms with Crippen molar-refractivity contribution in [3.8, 4) is 0 Å². The summed E-state index contributed by atoms with van der Waals surface area (Å²) >= 11 is 0. The van der Waals surface area contributed by atoms with Gasteiger partial charge >= 0.3 is 0 Å². The zero-order valence-electron chi connectivity index (χ0n) is 12.1. The first-order valence-corrected chi connectivity index (χ1v) is 6.99. The molecule has 0 bridgehead atoms. The van der Waals surface area contributed by atoms with Crippen molar-refractivity contribution in [3.05, 3.63) is 87.5 Å². The van der Waals surface area contributed by atoms with Gasteiger partial charge in [0.25, 0.3) is 5.69 Å². The van der Waals surface area contributed by atoms with Crippen molar-refractivity contribution in [2.75, 3.05) is 0 Å². The van der Waals surface area contributed by atoms with Crippen molar-refractivity contribution in [2.45, 2.75) is 13.0 Å². The SMILES string of the molecule is Cc1c([C@H](O)c2cccc3ccccc23)cccc1[N+](=O)[O-]. The van der Waals surface area contributed by atoms with Crippen LogP contribution >= 0.6 is 0 Å². The number of hydrogen-bond acceptors (Lipinski definition) is 3. The van der Waals surface area contributed by atoms with Crippen LogP contribution in [0.1, 0.15) is 22.8 Å². The first-order valence-electron chi connectivity index (χ1n) is 6.99. The van der Waals surface area contributed by atoms with Gasteiger partial charge in [-0.05, 0) is 28.8 Å². The third kappa shape index (κ3) is 2.34. The van der Waals surface area contributed by atoms with E-state index in [1.54, 1.807) is 19.1 Å². The van der Waals surface area contributed by atoms with Gasteiger partial charge in [-0.25, -0.2) is 0 Å². The average molecular weight is 293 g/mol. The highest BCUT2D eigenvalue weighted by Gasteiger charge is 2.20. The van der Waals surface area contributed by atoms with Gasteiger partial charge in [0, 0.05) is 11.6 Å². The second-order valence-electron chi connectivity index (χ2n) is 5.22. The number of hydrogen-bond donors (Lipinski definition) is 1. The minimum atomic E-state index is -0.897. The molecule has 0 unspecified atom stereocenters. The van der Waals surface area contributed by atoms with Gasteiger partial charge in [-0.2, -0.15) is 0 Å². The summed E-state index contributed by atoms with van der Waals surface area (Å²) in [5, 5.41) is 23.8. The van der Waals surface area contributed by atoms with Crippen LogP contribution in [0.4, 0.5) is 5.69 Å². The largest absolute Gasteiger partial charge is 0.384 e. The molecule has 1 atom stereocenters. The summed E-state index contributed by atoms with van der Waals surface area (Å²) in [6.07, 6.45) is -0.897. The monoisotopic (exact) mass is 293 g/mol. The molecule has 3 aromatic carbocycles. The fourth-order valence-electron chi connectivity index (χ4n) is 2.79. The first-order chi connectivity index (χ1) is 10.6. The highest BCUT2D eigenvalue weighted by atomic mass is 16.6. The quantitative estimate of drug-likeness (QED) is 0.583. The predicted molar refractivity (Wildman–Crippen MR) is 85.8 cm³/mol. The van der Waals surface area contributed by atoms with E-state index in [0.29, 0.717) is 11.1 Å². The van der Waals surface area contributed by atoms with Gasteiger partial charge in [0.15, 0.2) is 0 Å². The topological polar surface area (TPSA) is 63.4 Å². The van der Waals surface area contributed by atoms with Gasteiger partial charge < -0.3 is 5.11 Å². The van der Waals surface area contributed by atoms with E-state index >= 15 is 0 Å². The maximum Gasteiger partial charge on any atom is 0.272 e. The maximum atomic E-state index is 11.1. The van der Waals surface area contributed by atoms with Crippen LogP contribution in [0.3, 0.4) is 0 Å². The Balaban J connectivity index is 2.16. The number of aliphatic hydroxyl groups excluding tert-OH is 1. The van der Waals surface area contributed by atoms with E-state index in [2.05, 4.69) is 0 Å². The fourth-order valence-corrected chi connectivity index (χ4v) is 2.79. The molecule has 22 heavy (non-hydrogen) atoms. The fraction of sp³-hybridized carbons (Fsp3) is 0.111. The molecule has 3 aromatic rings. The third-order valence-corrected chi connectivity index (χ3v) is 3.96.